The first-order valence-corrected chi connectivity index (χ1v) is 9.23. The minimum absolute atomic E-state index is 0.0798. The number of oxazole rings is 1. The van der Waals surface area contributed by atoms with Crippen LogP contribution in [0.5, 0.6) is 0 Å². The number of aromatic nitrogens is 1. The monoisotopic (exact) mass is 345 g/mol. The number of nitrogens with one attached hydrogen (secondary N) is 1. The molecule has 1 saturated carbocycles. The van der Waals surface area contributed by atoms with Gasteiger partial charge in [-0.15, -0.1) is 0 Å². The molecular weight excluding hydrogens is 318 g/mol. The van der Waals surface area contributed by atoms with Crippen LogP contribution >= 0.6 is 0 Å². The van der Waals surface area contributed by atoms with Crippen LogP contribution in [0, 0.1) is 11.3 Å². The topological polar surface area (TPSA) is 85.4 Å². The summed E-state index contributed by atoms with van der Waals surface area (Å²) < 4.78 is 5.87. The average molecular weight is 345 g/mol. The number of hydrogen-bond donors (Lipinski definition) is 1. The molecule has 7 nitrogen and oxygen atoms in total. The first-order chi connectivity index (χ1) is 12.0. The van der Waals surface area contributed by atoms with Crippen LogP contribution in [0.3, 0.4) is 0 Å². The number of amides is 1. The van der Waals surface area contributed by atoms with Crippen molar-refractivity contribution in [2.45, 2.75) is 58.0 Å². The molecule has 0 spiro atoms. The number of nitriles is 1. The van der Waals surface area contributed by atoms with Gasteiger partial charge in [0, 0.05) is 38.1 Å². The Hall–Kier alpha value is -2.07. The smallest absolute Gasteiger partial charge is 0.237 e. The summed E-state index contributed by atoms with van der Waals surface area (Å²) >= 11 is 0. The maximum Gasteiger partial charge on any atom is 0.237 e. The van der Waals surface area contributed by atoms with Gasteiger partial charge < -0.3 is 14.6 Å². The van der Waals surface area contributed by atoms with E-state index in [9.17, 15) is 10.1 Å². The Kier molecular flexibility index (Phi) is 5.28. The van der Waals surface area contributed by atoms with E-state index >= 15 is 0 Å². The van der Waals surface area contributed by atoms with Crippen LogP contribution < -0.4 is 10.2 Å². The molecular formula is C18H27N5O2. The Balaban J connectivity index is 1.58. The summed E-state index contributed by atoms with van der Waals surface area (Å²) in [6, 6.07) is 2.20. The number of carbonyl (C=O) groups excluding carboxylic acids is 1. The van der Waals surface area contributed by atoms with E-state index < -0.39 is 0 Å². The molecule has 1 aromatic heterocycles. The van der Waals surface area contributed by atoms with Gasteiger partial charge >= 0.3 is 0 Å². The number of hydrogen-bond acceptors (Lipinski definition) is 6. The third-order valence-electron chi connectivity index (χ3n) is 5.19. The molecule has 1 aliphatic carbocycles. The van der Waals surface area contributed by atoms with Crippen molar-refractivity contribution >= 4 is 11.8 Å². The van der Waals surface area contributed by atoms with Crippen LogP contribution in [0.2, 0.25) is 0 Å². The minimum Gasteiger partial charge on any atom is -0.423 e. The number of anilines is 1. The van der Waals surface area contributed by atoms with Crippen molar-refractivity contribution in [3.63, 3.8) is 0 Å². The maximum atomic E-state index is 12.3. The lowest BCUT2D eigenvalue weighted by molar-refractivity contribution is -0.126. The predicted molar refractivity (Wildman–Crippen MR) is 94.3 cm³/mol. The molecule has 1 aromatic rings. The zero-order chi connectivity index (χ0) is 18.0. The van der Waals surface area contributed by atoms with Gasteiger partial charge in [-0.25, -0.2) is 4.98 Å². The predicted octanol–water partition coefficient (Wildman–Crippen LogP) is 1.85. The van der Waals surface area contributed by atoms with E-state index in [4.69, 9.17) is 4.42 Å². The first-order valence-electron chi connectivity index (χ1n) is 9.23. The van der Waals surface area contributed by atoms with Gasteiger partial charge in [-0.3, -0.25) is 9.69 Å². The molecule has 25 heavy (non-hydrogen) atoms. The molecule has 0 aromatic carbocycles. The zero-order valence-electron chi connectivity index (χ0n) is 15.3. The maximum absolute atomic E-state index is 12.3. The molecule has 0 radical (unpaired) electrons. The van der Waals surface area contributed by atoms with Crippen LogP contribution in [0.1, 0.15) is 57.5 Å². The third-order valence-corrected chi connectivity index (χ3v) is 5.19. The lowest BCUT2D eigenvalue weighted by atomic mass is 10.2. The third kappa shape index (κ3) is 3.96. The van der Waals surface area contributed by atoms with E-state index in [-0.39, 0.29) is 18.0 Å². The Bertz CT molecular complexity index is 653. The quantitative estimate of drug-likeness (QED) is 0.847. The Labute approximate surface area is 149 Å². The molecule has 2 fully saturated rings. The molecule has 7 heteroatoms. The van der Waals surface area contributed by atoms with E-state index in [0.29, 0.717) is 23.4 Å². The fourth-order valence-corrected chi connectivity index (χ4v) is 3.06. The van der Waals surface area contributed by atoms with Crippen molar-refractivity contribution in [1.29, 1.82) is 5.26 Å². The van der Waals surface area contributed by atoms with Gasteiger partial charge in [0.1, 0.15) is 6.07 Å². The summed E-state index contributed by atoms with van der Waals surface area (Å²) in [5, 5.41) is 12.4. The summed E-state index contributed by atoms with van der Waals surface area (Å²) in [6.45, 7) is 9.03. The lowest BCUT2D eigenvalue weighted by Crippen LogP contribution is -2.54. The molecule has 1 aliphatic heterocycles. The van der Waals surface area contributed by atoms with E-state index in [1.165, 1.54) is 0 Å². The number of piperazine rings is 1. The van der Waals surface area contributed by atoms with Gasteiger partial charge in [0.2, 0.25) is 23.4 Å². The van der Waals surface area contributed by atoms with Gasteiger partial charge in [0.05, 0.1) is 6.04 Å². The van der Waals surface area contributed by atoms with Crippen molar-refractivity contribution in [2.24, 2.45) is 0 Å². The van der Waals surface area contributed by atoms with Crippen molar-refractivity contribution < 1.29 is 9.21 Å². The molecule has 136 valence electrons. The molecule has 2 heterocycles. The fourth-order valence-electron chi connectivity index (χ4n) is 3.06. The first kappa shape index (κ1) is 17.7. The van der Waals surface area contributed by atoms with Gasteiger partial charge in [0.25, 0.3) is 0 Å². The lowest BCUT2D eigenvalue weighted by Gasteiger charge is -2.37. The highest BCUT2D eigenvalue weighted by atomic mass is 16.4. The largest absolute Gasteiger partial charge is 0.423 e. The molecule has 2 atom stereocenters. The highest BCUT2D eigenvalue weighted by molar-refractivity contribution is 5.81. The number of carbonyl (C=O) groups is 1. The second-order valence-electron chi connectivity index (χ2n) is 7.11. The van der Waals surface area contributed by atoms with Gasteiger partial charge in [-0.05, 0) is 33.1 Å². The van der Waals surface area contributed by atoms with Gasteiger partial charge in [-0.2, -0.15) is 5.26 Å². The minimum atomic E-state index is -0.150. The molecule has 0 unspecified atom stereocenters. The van der Waals surface area contributed by atoms with E-state index in [1.807, 2.05) is 13.8 Å². The van der Waals surface area contributed by atoms with Crippen molar-refractivity contribution in [3.8, 4) is 6.07 Å². The molecule has 2 aliphatic rings. The molecule has 1 N–H and O–H groups in total. The SMILES string of the molecule is CC[C@H](C)NC(=O)[C@H](C)N1CCN(c2oc(C3CC3)nc2C#N)CC1. The van der Waals surface area contributed by atoms with Crippen molar-refractivity contribution in [2.75, 3.05) is 31.1 Å². The number of nitrogens with zero attached hydrogens (tertiary/aromatic N) is 4. The second-order valence-corrected chi connectivity index (χ2v) is 7.11. The molecule has 1 saturated heterocycles. The van der Waals surface area contributed by atoms with Crippen LogP contribution in [-0.4, -0.2) is 54.1 Å². The fraction of sp³-hybridized carbons (Fsp3) is 0.722. The Morgan fingerprint density at radius 1 is 1.36 bits per heavy atom. The summed E-state index contributed by atoms with van der Waals surface area (Å²) in [7, 11) is 0. The summed E-state index contributed by atoms with van der Waals surface area (Å²) in [4.78, 5) is 20.9. The zero-order valence-corrected chi connectivity index (χ0v) is 15.3. The van der Waals surface area contributed by atoms with Gasteiger partial charge in [0.15, 0.2) is 0 Å². The summed E-state index contributed by atoms with van der Waals surface area (Å²) in [5.74, 6) is 1.78. The standard InChI is InChI=1S/C18H27N5O2/c1-4-12(2)20-16(24)13(3)22-7-9-23(10-8-22)18-15(11-19)21-17(25-18)14-5-6-14/h12-14H,4-10H2,1-3H3,(H,20,24)/t12-,13-/m0/s1. The van der Waals surface area contributed by atoms with Crippen LogP contribution in [0.15, 0.2) is 4.42 Å². The Morgan fingerprint density at radius 2 is 2.04 bits per heavy atom. The summed E-state index contributed by atoms with van der Waals surface area (Å²) in [5.41, 5.74) is 0.387. The highest BCUT2D eigenvalue weighted by Gasteiger charge is 2.33. The van der Waals surface area contributed by atoms with Gasteiger partial charge in [-0.1, -0.05) is 6.92 Å². The van der Waals surface area contributed by atoms with Crippen LogP contribution in [0.25, 0.3) is 0 Å². The number of rotatable bonds is 6. The molecule has 0 bridgehead atoms. The average Bonchev–Trinajstić information content (AvgIpc) is 3.40. The van der Waals surface area contributed by atoms with Crippen LogP contribution in [0.4, 0.5) is 5.88 Å². The van der Waals surface area contributed by atoms with E-state index in [2.05, 4.69) is 33.1 Å². The Morgan fingerprint density at radius 3 is 2.60 bits per heavy atom. The van der Waals surface area contributed by atoms with Crippen molar-refractivity contribution in [3.05, 3.63) is 11.6 Å². The highest BCUT2D eigenvalue weighted by Crippen LogP contribution is 2.41. The molecule has 3 rings (SSSR count). The second kappa shape index (κ2) is 7.44. The van der Waals surface area contributed by atoms with Crippen LogP contribution in [-0.2, 0) is 4.79 Å². The molecule has 1 amide bonds. The van der Waals surface area contributed by atoms with E-state index in [1.54, 1.807) is 0 Å². The van der Waals surface area contributed by atoms with Crippen molar-refractivity contribution in [1.82, 2.24) is 15.2 Å². The van der Waals surface area contributed by atoms with E-state index in [0.717, 1.165) is 45.4 Å². The summed E-state index contributed by atoms with van der Waals surface area (Å²) in [6.07, 6.45) is 3.13. The normalized spacial score (nSPS) is 20.8.